The number of ether oxygens (including phenoxy) is 1. The minimum Gasteiger partial charge on any atom is -0.466 e. The van der Waals surface area contributed by atoms with Crippen molar-refractivity contribution in [1.29, 1.82) is 0 Å². The molecule has 0 spiro atoms. The minimum absolute atomic E-state index is 0.0154. The van der Waals surface area contributed by atoms with Crippen molar-refractivity contribution in [3.05, 3.63) is 12.2 Å². The van der Waals surface area contributed by atoms with E-state index in [9.17, 15) is 19.5 Å². The maximum atomic E-state index is 13.1. The van der Waals surface area contributed by atoms with E-state index in [0.29, 0.717) is 13.0 Å². The van der Waals surface area contributed by atoms with Gasteiger partial charge in [-0.2, -0.15) is 0 Å². The van der Waals surface area contributed by atoms with E-state index in [4.69, 9.17) is 4.74 Å². The number of Topliss-reactive ketones (excluding diaryl/α,β-unsaturated/α-hetero) is 1. The van der Waals surface area contributed by atoms with E-state index in [1.165, 1.54) is 4.90 Å². The Kier molecular flexibility index (Phi) is 5.89. The highest BCUT2D eigenvalue weighted by Gasteiger charge is 2.61. The molecule has 2 fully saturated rings. The van der Waals surface area contributed by atoms with Gasteiger partial charge in [0, 0.05) is 33.0 Å². The van der Waals surface area contributed by atoms with Crippen LogP contribution in [0.2, 0.25) is 0 Å². The fraction of sp³-hybridized carbons (Fsp3) is 0.750. The molecule has 1 saturated heterocycles. The molecule has 3 aliphatic rings. The van der Waals surface area contributed by atoms with Crippen LogP contribution in [0.25, 0.3) is 0 Å². The van der Waals surface area contributed by atoms with Gasteiger partial charge < -0.3 is 19.6 Å². The maximum absolute atomic E-state index is 13.1. The predicted molar refractivity (Wildman–Crippen MR) is 98.9 cm³/mol. The van der Waals surface area contributed by atoms with Crippen LogP contribution >= 0.6 is 0 Å². The van der Waals surface area contributed by atoms with E-state index >= 15 is 0 Å². The van der Waals surface area contributed by atoms with E-state index < -0.39 is 17.6 Å². The number of urea groups is 1. The summed E-state index contributed by atoms with van der Waals surface area (Å²) in [6.45, 7) is 2.82. The molecule has 4 atom stereocenters. The van der Waals surface area contributed by atoms with Crippen molar-refractivity contribution in [2.24, 2.45) is 11.3 Å². The molecule has 3 rings (SSSR count). The Hall–Kier alpha value is -1.89. The van der Waals surface area contributed by atoms with Crippen LogP contribution in [0.1, 0.15) is 45.4 Å². The molecule has 0 aromatic carbocycles. The van der Waals surface area contributed by atoms with Crippen molar-refractivity contribution < 1.29 is 24.2 Å². The van der Waals surface area contributed by atoms with Crippen molar-refractivity contribution in [2.45, 2.75) is 57.6 Å². The Bertz CT molecular complexity index is 634. The Morgan fingerprint density at radius 1 is 1.37 bits per heavy atom. The normalized spacial score (nSPS) is 35.9. The van der Waals surface area contributed by atoms with Crippen molar-refractivity contribution in [3.8, 4) is 0 Å². The van der Waals surface area contributed by atoms with Crippen molar-refractivity contribution in [1.82, 2.24) is 9.80 Å². The monoisotopic (exact) mass is 378 g/mol. The van der Waals surface area contributed by atoms with Crippen LogP contribution in [0.5, 0.6) is 0 Å². The van der Waals surface area contributed by atoms with Gasteiger partial charge >= 0.3 is 12.0 Å². The molecule has 7 nitrogen and oxygen atoms in total. The summed E-state index contributed by atoms with van der Waals surface area (Å²) >= 11 is 0. The zero-order valence-corrected chi connectivity index (χ0v) is 16.2. The largest absolute Gasteiger partial charge is 0.466 e. The third kappa shape index (κ3) is 4.03. The van der Waals surface area contributed by atoms with E-state index in [1.54, 1.807) is 18.9 Å². The number of carbonyl (C=O) groups excluding carboxylic acids is 3. The number of fused-ring (bicyclic) bond motifs is 2. The van der Waals surface area contributed by atoms with Gasteiger partial charge in [0.15, 0.2) is 5.78 Å². The highest BCUT2D eigenvalue weighted by Crippen LogP contribution is 2.57. The van der Waals surface area contributed by atoms with Crippen molar-refractivity contribution in [2.75, 3.05) is 26.7 Å². The summed E-state index contributed by atoms with van der Waals surface area (Å²) in [4.78, 5) is 41.5. The number of nitrogens with zero attached hydrogens (tertiary/aromatic N) is 2. The first-order chi connectivity index (χ1) is 12.9. The number of aliphatic hydroxyl groups is 1. The Balaban J connectivity index is 1.85. The van der Waals surface area contributed by atoms with Crippen LogP contribution in [0.15, 0.2) is 12.2 Å². The van der Waals surface area contributed by atoms with Gasteiger partial charge in [0.1, 0.15) is 0 Å². The fourth-order valence-electron chi connectivity index (χ4n) is 4.32. The number of ketones is 1. The fourth-order valence-corrected chi connectivity index (χ4v) is 4.32. The molecule has 1 aliphatic carbocycles. The SMILES string of the molecule is CCOC(=O)[C@]12CC(=O)[C@@H]3C[C@H](O)CN3C(=O)N(C)CCCC/C=C\[C@@H]1C2. The van der Waals surface area contributed by atoms with Gasteiger partial charge in [-0.3, -0.25) is 9.59 Å². The van der Waals surface area contributed by atoms with Gasteiger partial charge in [0.05, 0.1) is 24.2 Å². The summed E-state index contributed by atoms with van der Waals surface area (Å²) in [7, 11) is 1.73. The third-order valence-corrected chi connectivity index (χ3v) is 6.01. The van der Waals surface area contributed by atoms with Crippen LogP contribution in [0, 0.1) is 11.3 Å². The number of carbonyl (C=O) groups is 3. The molecular formula is C20H30N2O5. The first kappa shape index (κ1) is 19.9. The Labute approximate surface area is 160 Å². The number of allylic oxidation sites excluding steroid dienone is 2. The van der Waals surface area contributed by atoms with Gasteiger partial charge in [-0.15, -0.1) is 0 Å². The first-order valence-corrected chi connectivity index (χ1v) is 9.95. The minimum atomic E-state index is -0.804. The number of hydrogen-bond acceptors (Lipinski definition) is 5. The van der Waals surface area contributed by atoms with Gasteiger partial charge in [0.25, 0.3) is 0 Å². The Morgan fingerprint density at radius 2 is 2.15 bits per heavy atom. The third-order valence-electron chi connectivity index (χ3n) is 6.01. The second-order valence-electron chi connectivity index (χ2n) is 8.02. The average Bonchev–Trinajstić information content (AvgIpc) is 3.18. The van der Waals surface area contributed by atoms with Crippen molar-refractivity contribution in [3.63, 3.8) is 0 Å². The molecule has 7 heteroatoms. The molecule has 0 bridgehead atoms. The van der Waals surface area contributed by atoms with Gasteiger partial charge in [-0.1, -0.05) is 12.2 Å². The number of hydrogen-bond donors (Lipinski definition) is 1. The van der Waals surface area contributed by atoms with Crippen LogP contribution in [0.3, 0.4) is 0 Å². The quantitative estimate of drug-likeness (QED) is 0.584. The lowest BCUT2D eigenvalue weighted by atomic mass is 9.92. The molecule has 2 amide bonds. The van der Waals surface area contributed by atoms with Gasteiger partial charge in [-0.25, -0.2) is 4.79 Å². The second-order valence-corrected chi connectivity index (χ2v) is 8.02. The van der Waals surface area contributed by atoms with E-state index in [-0.39, 0.29) is 49.7 Å². The lowest BCUT2D eigenvalue weighted by molar-refractivity contribution is -0.152. The highest BCUT2D eigenvalue weighted by atomic mass is 16.5. The van der Waals surface area contributed by atoms with Crippen LogP contribution in [-0.2, 0) is 14.3 Å². The van der Waals surface area contributed by atoms with Crippen LogP contribution in [-0.4, -0.2) is 71.6 Å². The van der Waals surface area contributed by atoms with Crippen LogP contribution in [0.4, 0.5) is 4.79 Å². The molecule has 0 radical (unpaired) electrons. The molecule has 27 heavy (non-hydrogen) atoms. The lowest BCUT2D eigenvalue weighted by Gasteiger charge is -2.29. The second kappa shape index (κ2) is 8.00. The zero-order chi connectivity index (χ0) is 19.6. The van der Waals surface area contributed by atoms with Crippen LogP contribution < -0.4 is 0 Å². The zero-order valence-electron chi connectivity index (χ0n) is 16.2. The molecule has 2 aliphatic heterocycles. The molecule has 1 N–H and O–H groups in total. The molecule has 2 heterocycles. The number of aliphatic hydroxyl groups excluding tert-OH is 1. The summed E-state index contributed by atoms with van der Waals surface area (Å²) in [5.41, 5.74) is -0.804. The first-order valence-electron chi connectivity index (χ1n) is 9.95. The topological polar surface area (TPSA) is 87.1 Å². The molecular weight excluding hydrogens is 348 g/mol. The number of amides is 2. The molecule has 1 saturated carbocycles. The highest BCUT2D eigenvalue weighted by molar-refractivity contribution is 5.94. The van der Waals surface area contributed by atoms with E-state index in [1.807, 2.05) is 6.08 Å². The summed E-state index contributed by atoms with van der Waals surface area (Å²) < 4.78 is 5.25. The molecule has 150 valence electrons. The number of esters is 1. The lowest BCUT2D eigenvalue weighted by Crippen LogP contribution is -2.47. The molecule has 0 unspecified atom stereocenters. The smallest absolute Gasteiger partial charge is 0.320 e. The maximum Gasteiger partial charge on any atom is 0.320 e. The van der Waals surface area contributed by atoms with Gasteiger partial charge in [0.2, 0.25) is 0 Å². The van der Waals surface area contributed by atoms with E-state index in [0.717, 1.165) is 19.3 Å². The average molecular weight is 378 g/mol. The number of rotatable bonds is 2. The Morgan fingerprint density at radius 3 is 2.89 bits per heavy atom. The molecule has 0 aromatic heterocycles. The summed E-state index contributed by atoms with van der Waals surface area (Å²) in [5.74, 6) is -0.468. The predicted octanol–water partition coefficient (Wildman–Crippen LogP) is 1.74. The van der Waals surface area contributed by atoms with Gasteiger partial charge in [-0.05, 0) is 38.5 Å². The summed E-state index contributed by atoms with van der Waals surface area (Å²) in [6, 6.07) is -0.899. The summed E-state index contributed by atoms with van der Waals surface area (Å²) in [5, 5.41) is 10.1. The molecule has 0 aromatic rings. The van der Waals surface area contributed by atoms with Crippen molar-refractivity contribution >= 4 is 17.8 Å². The van der Waals surface area contributed by atoms with E-state index in [2.05, 4.69) is 6.08 Å². The summed E-state index contributed by atoms with van der Waals surface area (Å²) in [6.07, 6.45) is 7.03. The standard InChI is InChI=1S/C20H30N2O5/c1-3-27-18(25)20-11-14(20)8-6-4-5-7-9-21(2)19(26)22-13-15(23)10-16(22)17(24)12-20/h6,8,14-16,23H,3-5,7,9-13H2,1-2H3/b8-6-/t14-,15+,16+,20-/m1/s1.